The summed E-state index contributed by atoms with van der Waals surface area (Å²) in [5.41, 5.74) is 16.4. The van der Waals surface area contributed by atoms with Crippen molar-refractivity contribution >= 4 is 38.6 Å². The number of aliphatic hydroxyl groups is 1. The van der Waals surface area contributed by atoms with Crippen molar-refractivity contribution < 1.29 is 18.3 Å². The zero-order valence-corrected chi connectivity index (χ0v) is 26.2. The molecule has 238 valence electrons. The van der Waals surface area contributed by atoms with Gasteiger partial charge in [-0.05, 0) is 26.8 Å². The molecule has 0 amide bonds. The quantitative estimate of drug-likeness (QED) is 0.170. The van der Waals surface area contributed by atoms with E-state index in [4.69, 9.17) is 21.3 Å². The Morgan fingerprint density at radius 1 is 1.04 bits per heavy atom. The molecule has 6 N–H and O–H groups in total. The number of sulfone groups is 1. The van der Waals surface area contributed by atoms with Gasteiger partial charge in [-0.15, -0.1) is 0 Å². The van der Waals surface area contributed by atoms with E-state index in [1.54, 1.807) is 11.6 Å². The predicted molar refractivity (Wildman–Crippen MR) is 164 cm³/mol. The van der Waals surface area contributed by atoms with Crippen LogP contribution in [0.1, 0.15) is 51.5 Å². The first-order chi connectivity index (χ1) is 21.9. The molecular weight excluding hydrogens is 614 g/mol. The lowest BCUT2D eigenvalue weighted by Gasteiger charge is -2.20. The van der Waals surface area contributed by atoms with Crippen molar-refractivity contribution in [3.8, 4) is 12.1 Å². The molecule has 0 spiro atoms. The van der Waals surface area contributed by atoms with Gasteiger partial charge < -0.3 is 26.6 Å². The molecule has 6 heterocycles. The lowest BCUT2D eigenvalue weighted by molar-refractivity contribution is 0.0681. The highest BCUT2D eigenvalue weighted by molar-refractivity contribution is 7.90. The number of nitrogens with two attached hydrogens (primary N) is 2. The third-order valence-corrected chi connectivity index (χ3v) is 9.36. The van der Waals surface area contributed by atoms with E-state index >= 15 is 0 Å². The summed E-state index contributed by atoms with van der Waals surface area (Å²) in [6.07, 6.45) is 2.59. The van der Waals surface area contributed by atoms with E-state index in [9.17, 15) is 24.0 Å². The lowest BCUT2D eigenvalue weighted by Crippen LogP contribution is -2.23. The summed E-state index contributed by atoms with van der Waals surface area (Å²) in [7, 11) is -3.85. The van der Waals surface area contributed by atoms with Crippen molar-refractivity contribution in [3.05, 3.63) is 51.6 Å². The molecule has 1 saturated heterocycles. The van der Waals surface area contributed by atoms with Gasteiger partial charge in [0.2, 0.25) is 0 Å². The second kappa shape index (κ2) is 11.2. The zero-order valence-electron chi connectivity index (χ0n) is 25.4. The number of anilines is 3. The first kappa shape index (κ1) is 30.7. The van der Waals surface area contributed by atoms with Gasteiger partial charge in [-0.2, -0.15) is 34.9 Å². The molecule has 0 aromatic carbocycles. The van der Waals surface area contributed by atoms with Gasteiger partial charge in [0.05, 0.1) is 36.3 Å². The van der Waals surface area contributed by atoms with Crippen molar-refractivity contribution in [2.45, 2.75) is 44.4 Å². The average Bonchev–Trinajstić information content (AvgIpc) is 3.79. The maximum Gasteiger partial charge on any atom is 0.194 e. The van der Waals surface area contributed by atoms with Crippen molar-refractivity contribution in [1.82, 2.24) is 39.0 Å². The Bertz CT molecular complexity index is 2220. The number of hydrogen-bond donors (Lipinski definition) is 4. The van der Waals surface area contributed by atoms with E-state index in [1.165, 1.54) is 9.03 Å². The molecule has 0 aliphatic carbocycles. The summed E-state index contributed by atoms with van der Waals surface area (Å²) in [6.45, 7) is 5.85. The van der Waals surface area contributed by atoms with Crippen molar-refractivity contribution in [2.75, 3.05) is 42.8 Å². The highest BCUT2D eigenvalue weighted by Crippen LogP contribution is 2.42. The SMILES string of the molecule is Cc1nn2c(N)c(C#N)c(NCCc3ccn(C4CO[C@@H](c5nn6c(N)c(C#N)c(S(C)(=O)=O)nc6c5C)C4CO)n3)nc2c1C. The van der Waals surface area contributed by atoms with Crippen LogP contribution in [0.5, 0.6) is 0 Å². The molecule has 5 aromatic heterocycles. The molecule has 0 bridgehead atoms. The summed E-state index contributed by atoms with van der Waals surface area (Å²) in [4.78, 5) is 8.81. The van der Waals surface area contributed by atoms with Gasteiger partial charge in [0.15, 0.2) is 26.2 Å². The summed E-state index contributed by atoms with van der Waals surface area (Å²) in [5.74, 6) is -0.0365. The van der Waals surface area contributed by atoms with Crippen LogP contribution in [0.4, 0.5) is 17.5 Å². The fraction of sp³-hybridized carbons (Fsp3) is 0.393. The Morgan fingerprint density at radius 3 is 2.39 bits per heavy atom. The van der Waals surface area contributed by atoms with Crippen molar-refractivity contribution in [3.63, 3.8) is 0 Å². The van der Waals surface area contributed by atoms with Gasteiger partial charge in [-0.3, -0.25) is 4.68 Å². The van der Waals surface area contributed by atoms with Gasteiger partial charge in [0.25, 0.3) is 0 Å². The minimum atomic E-state index is -3.85. The normalized spacial score (nSPS) is 18.3. The molecule has 5 aromatic rings. The van der Waals surface area contributed by atoms with Gasteiger partial charge in [0, 0.05) is 42.5 Å². The van der Waals surface area contributed by atoms with Gasteiger partial charge in [-0.25, -0.2) is 18.4 Å². The monoisotopic (exact) mass is 645 g/mol. The van der Waals surface area contributed by atoms with Crippen molar-refractivity contribution in [2.24, 2.45) is 5.92 Å². The molecule has 1 aliphatic heterocycles. The van der Waals surface area contributed by atoms with Crippen LogP contribution < -0.4 is 16.8 Å². The molecule has 46 heavy (non-hydrogen) atoms. The van der Waals surface area contributed by atoms with Crippen LogP contribution in [-0.2, 0) is 21.0 Å². The minimum absolute atomic E-state index is 0.155. The highest BCUT2D eigenvalue weighted by Gasteiger charge is 2.42. The molecule has 1 aliphatic rings. The largest absolute Gasteiger partial charge is 0.396 e. The first-order valence-electron chi connectivity index (χ1n) is 14.2. The number of nitrogens with one attached hydrogen (secondary N) is 1. The predicted octanol–water partition coefficient (Wildman–Crippen LogP) is 0.781. The van der Waals surface area contributed by atoms with E-state index in [0.717, 1.165) is 23.2 Å². The van der Waals surface area contributed by atoms with Crippen LogP contribution in [-0.4, -0.2) is 78.5 Å². The van der Waals surface area contributed by atoms with Crippen molar-refractivity contribution in [1.29, 1.82) is 10.5 Å². The smallest absolute Gasteiger partial charge is 0.194 e. The number of ether oxygens (including phenoxy) is 1. The number of rotatable bonds is 8. The first-order valence-corrected chi connectivity index (χ1v) is 16.1. The summed E-state index contributed by atoms with van der Waals surface area (Å²) in [6, 6.07) is 5.44. The summed E-state index contributed by atoms with van der Waals surface area (Å²) < 4.78 is 35.2. The third-order valence-electron chi connectivity index (χ3n) is 8.36. The molecule has 17 nitrogen and oxygen atoms in total. The molecule has 1 fully saturated rings. The van der Waals surface area contributed by atoms with E-state index in [1.807, 2.05) is 32.2 Å². The number of fused-ring (bicyclic) bond motifs is 2. The number of nitrogens with zero attached hydrogens (tertiary/aromatic N) is 10. The number of nitriles is 2. The number of nitrogen functional groups attached to an aromatic ring is 2. The highest BCUT2D eigenvalue weighted by atomic mass is 32.2. The second-order valence-electron chi connectivity index (χ2n) is 11.2. The number of hydrogen-bond acceptors (Lipinski definition) is 14. The average molecular weight is 646 g/mol. The van der Waals surface area contributed by atoms with Crippen LogP contribution in [0.2, 0.25) is 0 Å². The lowest BCUT2D eigenvalue weighted by atomic mass is 9.94. The Morgan fingerprint density at radius 2 is 1.72 bits per heavy atom. The molecule has 18 heteroatoms. The van der Waals surface area contributed by atoms with Crippen LogP contribution in [0.25, 0.3) is 11.3 Å². The summed E-state index contributed by atoms with van der Waals surface area (Å²) >= 11 is 0. The molecule has 6 rings (SSSR count). The maximum absolute atomic E-state index is 12.3. The number of aryl methyl sites for hydroxylation is 3. The zero-order chi connectivity index (χ0) is 33.1. The van der Waals surface area contributed by atoms with E-state index in [0.29, 0.717) is 35.7 Å². The third kappa shape index (κ3) is 4.83. The van der Waals surface area contributed by atoms with Gasteiger partial charge >= 0.3 is 0 Å². The van der Waals surface area contributed by atoms with Crippen LogP contribution >= 0.6 is 0 Å². The second-order valence-corrected chi connectivity index (χ2v) is 13.1. The Kier molecular flexibility index (Phi) is 7.51. The minimum Gasteiger partial charge on any atom is -0.396 e. The van der Waals surface area contributed by atoms with Crippen LogP contribution in [0, 0.1) is 49.4 Å². The fourth-order valence-electron chi connectivity index (χ4n) is 5.76. The standard InChI is InChI=1S/C28H31N13O4S/c1-13-15(3)36-40-23(31)17(9-29)25(34-26(13)40)33-7-5-16-6-8-39(37-16)20-12-45-22(19(20)11-42)21-14(2)27-35-28(46(4,43)44)18(10-30)24(32)41(27)38-21/h6,8,19-20,22,42H,5,7,11-12,31-32H2,1-4H3,(H,33,34)/t19?,20?,22-/m1/s1. The van der Waals surface area contributed by atoms with E-state index in [2.05, 4.69) is 31.6 Å². The van der Waals surface area contributed by atoms with E-state index in [-0.39, 0.29) is 47.7 Å². The van der Waals surface area contributed by atoms with Gasteiger partial charge in [-0.1, -0.05) is 0 Å². The Balaban J connectivity index is 1.21. The maximum atomic E-state index is 12.3. The fourth-order valence-corrected chi connectivity index (χ4v) is 6.53. The van der Waals surface area contributed by atoms with Gasteiger partial charge in [0.1, 0.15) is 46.8 Å². The Hall–Kier alpha value is -5.30. The summed E-state index contributed by atoms with van der Waals surface area (Å²) in [5, 5.41) is 46.1. The number of aromatic nitrogens is 8. The topological polar surface area (TPSA) is 253 Å². The van der Waals surface area contributed by atoms with Crippen LogP contribution in [0.15, 0.2) is 17.3 Å². The molecule has 3 atom stereocenters. The van der Waals surface area contributed by atoms with Crippen LogP contribution in [0.3, 0.4) is 0 Å². The number of aliphatic hydroxyl groups excluding tert-OH is 1. The molecular formula is C28H31N13O4S. The Labute approximate surface area is 262 Å². The molecule has 2 unspecified atom stereocenters. The molecule has 0 saturated carbocycles. The van der Waals surface area contributed by atoms with E-state index < -0.39 is 26.9 Å². The molecule has 0 radical (unpaired) electrons.